The number of hydrogen-bond acceptors (Lipinski definition) is 2. The average molecular weight is 168 g/mol. The van der Waals surface area contributed by atoms with Crippen molar-refractivity contribution in [1.29, 1.82) is 0 Å². The van der Waals surface area contributed by atoms with Crippen molar-refractivity contribution >= 4 is 12.3 Å². The van der Waals surface area contributed by atoms with E-state index < -0.39 is 0 Å². The molecule has 2 atom stereocenters. The fourth-order valence-corrected chi connectivity index (χ4v) is 2.01. The summed E-state index contributed by atoms with van der Waals surface area (Å²) in [6, 6.07) is 0.182. The maximum Gasteiger partial charge on any atom is 0.320 e. The molecule has 0 N–H and O–H groups in total. The minimum atomic E-state index is -0.168. The number of carbonyl (C=O) groups excluding carboxylic acids is 2. The molecule has 2 saturated heterocycles. The van der Waals surface area contributed by atoms with Gasteiger partial charge < -0.3 is 14.6 Å². The summed E-state index contributed by atoms with van der Waals surface area (Å²) in [5.41, 5.74) is 0. The maximum atomic E-state index is 11.4. The van der Waals surface area contributed by atoms with E-state index in [4.69, 9.17) is 0 Å². The molecule has 2 aliphatic heterocycles. The largest absolute Gasteiger partial charge is 0.323 e. The first-order chi connectivity index (χ1) is 5.74. The Morgan fingerprint density at radius 3 is 2.92 bits per heavy atom. The minimum Gasteiger partial charge on any atom is -0.323 e. The molecule has 2 amide bonds. The number of nitrogens with zero attached hydrogens (tertiary/aromatic N) is 2. The molecule has 2 fully saturated rings. The van der Waals surface area contributed by atoms with Gasteiger partial charge in [-0.2, -0.15) is 0 Å². The van der Waals surface area contributed by atoms with Gasteiger partial charge in [-0.05, 0) is 12.8 Å². The van der Waals surface area contributed by atoms with Crippen LogP contribution in [-0.2, 0) is 4.79 Å². The second-order valence-corrected chi connectivity index (χ2v) is 3.48. The van der Waals surface area contributed by atoms with E-state index in [-0.39, 0.29) is 12.1 Å². The predicted molar refractivity (Wildman–Crippen MR) is 42.7 cm³/mol. The lowest BCUT2D eigenvalue weighted by atomic mass is 10.0. The van der Waals surface area contributed by atoms with E-state index in [9.17, 15) is 9.59 Å². The van der Waals surface area contributed by atoms with Crippen LogP contribution in [-0.4, -0.2) is 47.8 Å². The fourth-order valence-electron chi connectivity index (χ4n) is 2.01. The van der Waals surface area contributed by atoms with Gasteiger partial charge in [0.2, 0.25) is 0 Å². The minimum absolute atomic E-state index is 0.00889. The molecule has 0 spiro atoms. The Morgan fingerprint density at radius 2 is 2.25 bits per heavy atom. The maximum absolute atomic E-state index is 11.4. The summed E-state index contributed by atoms with van der Waals surface area (Å²) in [5.74, 6) is 0. The van der Waals surface area contributed by atoms with Gasteiger partial charge in [-0.3, -0.25) is 0 Å². The molecular formula is C8H12N2O2. The SMILES string of the molecule is CN1C(=O)N2C[C@H]1CC[C@H]2C=O. The van der Waals surface area contributed by atoms with Crippen LogP contribution in [0.3, 0.4) is 0 Å². The van der Waals surface area contributed by atoms with Crippen LogP contribution in [0.15, 0.2) is 0 Å². The van der Waals surface area contributed by atoms with Gasteiger partial charge in [-0.1, -0.05) is 0 Å². The molecular weight excluding hydrogens is 156 g/mol. The lowest BCUT2D eigenvalue weighted by Gasteiger charge is -2.26. The molecule has 12 heavy (non-hydrogen) atoms. The van der Waals surface area contributed by atoms with E-state index in [1.54, 1.807) is 16.8 Å². The van der Waals surface area contributed by atoms with Crippen LogP contribution in [0.1, 0.15) is 12.8 Å². The Balaban J connectivity index is 2.22. The van der Waals surface area contributed by atoms with Gasteiger partial charge in [-0.25, -0.2) is 4.79 Å². The van der Waals surface area contributed by atoms with Crippen LogP contribution in [0.2, 0.25) is 0 Å². The fraction of sp³-hybridized carbons (Fsp3) is 0.750. The molecule has 0 aromatic rings. The molecule has 2 rings (SSSR count). The number of amides is 2. The average Bonchev–Trinajstić information content (AvgIpc) is 2.33. The van der Waals surface area contributed by atoms with Crippen molar-refractivity contribution < 1.29 is 9.59 Å². The standard InChI is InChI=1S/C8H12N2O2/c1-9-6-2-3-7(5-11)10(4-6)8(9)12/h5-7H,2-4H2,1H3/t6-,7+/m1/s1. The van der Waals surface area contributed by atoms with Crippen LogP contribution in [0, 0.1) is 0 Å². The highest BCUT2D eigenvalue weighted by Crippen LogP contribution is 2.27. The van der Waals surface area contributed by atoms with E-state index in [2.05, 4.69) is 0 Å². The third kappa shape index (κ3) is 0.838. The number of likely N-dealkylation sites (N-methyl/N-ethyl adjacent to an activating group) is 1. The van der Waals surface area contributed by atoms with Crippen LogP contribution in [0.25, 0.3) is 0 Å². The molecule has 4 nitrogen and oxygen atoms in total. The molecule has 0 aromatic carbocycles. The van der Waals surface area contributed by atoms with Crippen LogP contribution >= 0.6 is 0 Å². The van der Waals surface area contributed by atoms with E-state index in [0.717, 1.165) is 25.7 Å². The van der Waals surface area contributed by atoms with E-state index >= 15 is 0 Å². The van der Waals surface area contributed by atoms with Gasteiger partial charge in [0.15, 0.2) is 0 Å². The third-order valence-electron chi connectivity index (χ3n) is 2.86. The lowest BCUT2D eigenvalue weighted by Crippen LogP contribution is -2.40. The molecule has 0 aromatic heterocycles. The van der Waals surface area contributed by atoms with Crippen molar-refractivity contribution in [1.82, 2.24) is 9.80 Å². The second kappa shape index (κ2) is 2.47. The summed E-state index contributed by atoms with van der Waals surface area (Å²) in [7, 11) is 1.81. The number of urea groups is 1. The normalized spacial score (nSPS) is 34.2. The van der Waals surface area contributed by atoms with Gasteiger partial charge in [0.1, 0.15) is 6.29 Å². The van der Waals surface area contributed by atoms with E-state index in [0.29, 0.717) is 6.04 Å². The highest BCUT2D eigenvalue weighted by molar-refractivity contribution is 5.81. The zero-order valence-corrected chi connectivity index (χ0v) is 7.06. The van der Waals surface area contributed by atoms with Crippen LogP contribution < -0.4 is 0 Å². The molecule has 2 aliphatic rings. The van der Waals surface area contributed by atoms with Crippen LogP contribution in [0.5, 0.6) is 0 Å². The number of piperidine rings is 1. The molecule has 2 bridgehead atoms. The Hall–Kier alpha value is -1.06. The summed E-state index contributed by atoms with van der Waals surface area (Å²) in [5, 5.41) is 0. The molecule has 66 valence electrons. The summed E-state index contributed by atoms with van der Waals surface area (Å²) in [4.78, 5) is 25.4. The molecule has 0 aliphatic carbocycles. The third-order valence-corrected chi connectivity index (χ3v) is 2.86. The number of fused-ring (bicyclic) bond motifs is 2. The van der Waals surface area contributed by atoms with Crippen molar-refractivity contribution in [3.63, 3.8) is 0 Å². The first kappa shape index (κ1) is 7.58. The number of hydrogen-bond donors (Lipinski definition) is 0. The molecule has 0 radical (unpaired) electrons. The first-order valence-corrected chi connectivity index (χ1v) is 4.22. The van der Waals surface area contributed by atoms with Gasteiger partial charge in [-0.15, -0.1) is 0 Å². The number of aldehydes is 1. The van der Waals surface area contributed by atoms with Crippen molar-refractivity contribution in [2.45, 2.75) is 24.9 Å². The van der Waals surface area contributed by atoms with E-state index in [1.807, 2.05) is 0 Å². The van der Waals surface area contributed by atoms with Crippen molar-refractivity contribution in [3.8, 4) is 0 Å². The predicted octanol–water partition coefficient (Wildman–Crippen LogP) is 0.0837. The Bertz CT molecular complexity index is 229. The summed E-state index contributed by atoms with van der Waals surface area (Å²) >= 11 is 0. The first-order valence-electron chi connectivity index (χ1n) is 4.22. The van der Waals surface area contributed by atoms with E-state index in [1.165, 1.54) is 0 Å². The van der Waals surface area contributed by atoms with Gasteiger partial charge >= 0.3 is 6.03 Å². The lowest BCUT2D eigenvalue weighted by molar-refractivity contribution is -0.112. The highest BCUT2D eigenvalue weighted by Gasteiger charge is 2.42. The Morgan fingerprint density at radius 1 is 1.50 bits per heavy atom. The van der Waals surface area contributed by atoms with Gasteiger partial charge in [0.25, 0.3) is 0 Å². The van der Waals surface area contributed by atoms with Crippen molar-refractivity contribution in [2.75, 3.05) is 13.6 Å². The number of rotatable bonds is 1. The molecule has 0 saturated carbocycles. The molecule has 4 heteroatoms. The zero-order chi connectivity index (χ0) is 8.72. The molecule has 0 unspecified atom stereocenters. The monoisotopic (exact) mass is 168 g/mol. The highest BCUT2D eigenvalue weighted by atomic mass is 16.2. The summed E-state index contributed by atoms with van der Waals surface area (Å²) in [6.07, 6.45) is 2.67. The zero-order valence-electron chi connectivity index (χ0n) is 7.06. The summed E-state index contributed by atoms with van der Waals surface area (Å²) in [6.45, 7) is 0.735. The topological polar surface area (TPSA) is 40.6 Å². The van der Waals surface area contributed by atoms with Crippen LogP contribution in [0.4, 0.5) is 4.79 Å². The van der Waals surface area contributed by atoms with Crippen molar-refractivity contribution in [3.05, 3.63) is 0 Å². The summed E-state index contributed by atoms with van der Waals surface area (Å²) < 4.78 is 0. The van der Waals surface area contributed by atoms with Gasteiger partial charge in [0.05, 0.1) is 12.1 Å². The Labute approximate surface area is 71.1 Å². The Kier molecular flexibility index (Phi) is 1.56. The second-order valence-electron chi connectivity index (χ2n) is 3.48. The smallest absolute Gasteiger partial charge is 0.320 e. The van der Waals surface area contributed by atoms with Gasteiger partial charge in [0, 0.05) is 13.6 Å². The molecule has 2 heterocycles. The number of carbonyl (C=O) groups is 2. The van der Waals surface area contributed by atoms with Crippen molar-refractivity contribution in [2.24, 2.45) is 0 Å². The quantitative estimate of drug-likeness (QED) is 0.520.